The molecule has 0 atom stereocenters. The maximum absolute atomic E-state index is 14.3. The molecule has 0 bridgehead atoms. The number of benzene rings is 1. The highest BCUT2D eigenvalue weighted by molar-refractivity contribution is 5.77. The van der Waals surface area contributed by atoms with E-state index in [0.717, 1.165) is 44.0 Å². The number of nitrogens with zero attached hydrogens (tertiary/aromatic N) is 5. The monoisotopic (exact) mass is 433 g/mol. The Morgan fingerprint density at radius 2 is 1.90 bits per heavy atom. The van der Waals surface area contributed by atoms with E-state index in [1.165, 1.54) is 13.2 Å². The van der Waals surface area contributed by atoms with Crippen molar-refractivity contribution in [3.05, 3.63) is 41.1 Å². The lowest BCUT2D eigenvalue weighted by molar-refractivity contribution is -0.136. The number of ether oxygens (including phenoxy) is 2. The zero-order chi connectivity index (χ0) is 22.0. The number of piperazine rings is 1. The minimum atomic E-state index is -0.823. The molecule has 8 nitrogen and oxygen atoms in total. The number of aromatic nitrogens is 2. The van der Waals surface area contributed by atoms with Crippen molar-refractivity contribution in [3.8, 4) is 11.6 Å². The molecule has 0 radical (unpaired) electrons. The van der Waals surface area contributed by atoms with Gasteiger partial charge in [0.05, 0.1) is 17.8 Å². The molecule has 2 aliphatic rings. The Bertz CT molecular complexity index is 966. The van der Waals surface area contributed by atoms with Gasteiger partial charge in [0.25, 0.3) is 0 Å². The van der Waals surface area contributed by atoms with Crippen LogP contribution >= 0.6 is 0 Å². The molecule has 3 heterocycles. The van der Waals surface area contributed by atoms with Crippen molar-refractivity contribution < 1.29 is 23.0 Å². The molecule has 0 aliphatic carbocycles. The first-order valence-corrected chi connectivity index (χ1v) is 10.2. The summed E-state index contributed by atoms with van der Waals surface area (Å²) in [5, 5.41) is 0. The maximum Gasteiger partial charge on any atom is 0.248 e. The summed E-state index contributed by atoms with van der Waals surface area (Å²) in [5.74, 6) is -1.11. The van der Waals surface area contributed by atoms with Crippen molar-refractivity contribution in [2.45, 2.75) is 13.0 Å². The third-order valence-corrected chi connectivity index (χ3v) is 5.52. The fourth-order valence-electron chi connectivity index (χ4n) is 3.69. The Hall–Kier alpha value is -2.85. The summed E-state index contributed by atoms with van der Waals surface area (Å²) in [6.45, 7) is 3.98. The summed E-state index contributed by atoms with van der Waals surface area (Å²) in [5.41, 5.74) is 1.39. The molecule has 1 aromatic carbocycles. The van der Waals surface area contributed by atoms with Gasteiger partial charge in [-0.2, -0.15) is 4.98 Å². The number of likely N-dealkylation sites (N-methyl/N-ethyl adjacent to an activating group) is 1. The molecule has 4 rings (SSSR count). The normalized spacial score (nSPS) is 16.9. The molecule has 31 heavy (non-hydrogen) atoms. The Kier molecular flexibility index (Phi) is 6.28. The number of fused-ring (bicyclic) bond motifs is 1. The SMILES string of the molecule is COCC(=O)N1CCc2nc(N3CCN(C)CC3)nc(Oc3ccc(F)cc3F)c2C1. The molecule has 1 fully saturated rings. The predicted molar refractivity (Wildman–Crippen MR) is 109 cm³/mol. The first-order valence-electron chi connectivity index (χ1n) is 10.2. The molecule has 1 aromatic heterocycles. The molecule has 1 amide bonds. The Labute approximate surface area is 179 Å². The van der Waals surface area contributed by atoms with Crippen LogP contribution in [0.1, 0.15) is 11.3 Å². The summed E-state index contributed by atoms with van der Waals surface area (Å²) in [6, 6.07) is 3.12. The van der Waals surface area contributed by atoms with E-state index in [1.807, 2.05) is 0 Å². The number of amides is 1. The van der Waals surface area contributed by atoms with Gasteiger partial charge in [-0.05, 0) is 19.2 Å². The first kappa shape index (κ1) is 21.4. The zero-order valence-corrected chi connectivity index (χ0v) is 17.6. The zero-order valence-electron chi connectivity index (χ0n) is 17.6. The van der Waals surface area contributed by atoms with Crippen LogP contribution < -0.4 is 9.64 Å². The van der Waals surface area contributed by atoms with Gasteiger partial charge < -0.3 is 24.2 Å². The highest BCUT2D eigenvalue weighted by atomic mass is 19.1. The molecule has 0 N–H and O–H groups in total. The smallest absolute Gasteiger partial charge is 0.248 e. The summed E-state index contributed by atoms with van der Waals surface area (Å²) in [7, 11) is 3.52. The van der Waals surface area contributed by atoms with Crippen LogP contribution in [0.4, 0.5) is 14.7 Å². The molecule has 2 aliphatic heterocycles. The number of carbonyl (C=O) groups is 1. The van der Waals surface area contributed by atoms with Crippen LogP contribution in [0.15, 0.2) is 18.2 Å². The van der Waals surface area contributed by atoms with E-state index in [0.29, 0.717) is 24.5 Å². The fourth-order valence-corrected chi connectivity index (χ4v) is 3.69. The van der Waals surface area contributed by atoms with E-state index in [2.05, 4.69) is 21.8 Å². The second-order valence-corrected chi connectivity index (χ2v) is 7.72. The molecule has 166 valence electrons. The number of halogens is 2. The van der Waals surface area contributed by atoms with Crippen LogP contribution in [0.3, 0.4) is 0 Å². The average molecular weight is 433 g/mol. The van der Waals surface area contributed by atoms with Crippen LogP contribution in [0, 0.1) is 11.6 Å². The maximum atomic E-state index is 14.3. The highest BCUT2D eigenvalue weighted by Crippen LogP contribution is 2.32. The molecule has 0 saturated carbocycles. The molecular weight excluding hydrogens is 408 g/mol. The van der Waals surface area contributed by atoms with Crippen molar-refractivity contribution in [3.63, 3.8) is 0 Å². The van der Waals surface area contributed by atoms with E-state index in [4.69, 9.17) is 14.5 Å². The van der Waals surface area contributed by atoms with Crippen molar-refractivity contribution in [2.24, 2.45) is 0 Å². The highest BCUT2D eigenvalue weighted by Gasteiger charge is 2.28. The van der Waals surface area contributed by atoms with Gasteiger partial charge >= 0.3 is 0 Å². The van der Waals surface area contributed by atoms with Crippen LogP contribution in [0.2, 0.25) is 0 Å². The Morgan fingerprint density at radius 3 is 2.61 bits per heavy atom. The minimum absolute atomic E-state index is 0.0294. The van der Waals surface area contributed by atoms with Gasteiger partial charge in [0.1, 0.15) is 12.4 Å². The van der Waals surface area contributed by atoms with E-state index in [9.17, 15) is 13.6 Å². The number of hydrogen-bond acceptors (Lipinski definition) is 7. The molecule has 0 spiro atoms. The molecule has 10 heteroatoms. The van der Waals surface area contributed by atoms with Crippen molar-refractivity contribution in [1.29, 1.82) is 0 Å². The molecule has 1 saturated heterocycles. The lowest BCUT2D eigenvalue weighted by Crippen LogP contribution is -2.45. The van der Waals surface area contributed by atoms with Crippen LogP contribution in [0.5, 0.6) is 11.6 Å². The first-order chi connectivity index (χ1) is 14.9. The van der Waals surface area contributed by atoms with Crippen molar-refractivity contribution >= 4 is 11.9 Å². The van der Waals surface area contributed by atoms with E-state index >= 15 is 0 Å². The summed E-state index contributed by atoms with van der Waals surface area (Å²) >= 11 is 0. The van der Waals surface area contributed by atoms with Crippen LogP contribution in [-0.2, 0) is 22.5 Å². The number of carbonyl (C=O) groups excluding carboxylic acids is 1. The fraction of sp³-hybridized carbons (Fsp3) is 0.476. The third-order valence-electron chi connectivity index (χ3n) is 5.52. The summed E-state index contributed by atoms with van der Waals surface area (Å²) in [4.78, 5) is 27.6. The number of hydrogen-bond donors (Lipinski definition) is 0. The van der Waals surface area contributed by atoms with Crippen LogP contribution in [0.25, 0.3) is 0 Å². The minimum Gasteiger partial charge on any atom is -0.435 e. The topological polar surface area (TPSA) is 71.0 Å². The van der Waals surface area contributed by atoms with Gasteiger partial charge in [-0.25, -0.2) is 13.8 Å². The number of rotatable bonds is 5. The second-order valence-electron chi connectivity index (χ2n) is 7.72. The number of anilines is 1. The van der Waals surface area contributed by atoms with E-state index in [-0.39, 0.29) is 30.7 Å². The third kappa shape index (κ3) is 4.75. The van der Waals surface area contributed by atoms with E-state index < -0.39 is 11.6 Å². The van der Waals surface area contributed by atoms with E-state index in [1.54, 1.807) is 4.90 Å². The molecule has 2 aromatic rings. The van der Waals surface area contributed by atoms with Gasteiger partial charge in [0.2, 0.25) is 17.7 Å². The lowest BCUT2D eigenvalue weighted by Gasteiger charge is -2.34. The molecule has 0 unspecified atom stereocenters. The second kappa shape index (κ2) is 9.11. The standard InChI is InChI=1S/C21H25F2N5O3/c1-26-7-9-27(10-8-26)21-24-17-5-6-28(19(29)13-30-2)12-15(17)20(25-21)31-18-4-3-14(22)11-16(18)23/h3-4,11H,5-10,12-13H2,1-2H3. The van der Waals surface area contributed by atoms with Gasteiger partial charge in [-0.1, -0.05) is 0 Å². The van der Waals surface area contributed by atoms with Gasteiger partial charge in [-0.3, -0.25) is 4.79 Å². The van der Waals surface area contributed by atoms with Gasteiger partial charge in [0.15, 0.2) is 11.6 Å². The summed E-state index contributed by atoms with van der Waals surface area (Å²) in [6.07, 6.45) is 0.524. The Balaban J connectivity index is 1.69. The number of methoxy groups -OCH3 is 1. The average Bonchev–Trinajstić information content (AvgIpc) is 2.76. The molecular formula is C21H25F2N5O3. The van der Waals surface area contributed by atoms with Crippen LogP contribution in [-0.4, -0.2) is 79.2 Å². The Morgan fingerprint density at radius 1 is 1.13 bits per heavy atom. The largest absolute Gasteiger partial charge is 0.435 e. The van der Waals surface area contributed by atoms with Crippen molar-refractivity contribution in [1.82, 2.24) is 19.8 Å². The van der Waals surface area contributed by atoms with Crippen molar-refractivity contribution in [2.75, 3.05) is 58.4 Å². The van der Waals surface area contributed by atoms with Gasteiger partial charge in [-0.15, -0.1) is 0 Å². The van der Waals surface area contributed by atoms with Gasteiger partial charge in [0, 0.05) is 52.3 Å². The lowest BCUT2D eigenvalue weighted by atomic mass is 10.1. The summed E-state index contributed by atoms with van der Waals surface area (Å²) < 4.78 is 38.3. The predicted octanol–water partition coefficient (Wildman–Crippen LogP) is 1.83. The quantitative estimate of drug-likeness (QED) is 0.713.